The molecule has 0 radical (unpaired) electrons. The molecule has 17 heavy (non-hydrogen) atoms. The van der Waals surface area contributed by atoms with Gasteiger partial charge in [-0.15, -0.1) is 11.3 Å². The predicted molar refractivity (Wildman–Crippen MR) is 78.9 cm³/mol. The van der Waals surface area contributed by atoms with Crippen molar-refractivity contribution in [2.45, 2.75) is 59.4 Å². The summed E-state index contributed by atoms with van der Waals surface area (Å²) in [5.41, 5.74) is 0.444. The Bertz CT molecular complexity index is 322. The van der Waals surface area contributed by atoms with Gasteiger partial charge in [0.05, 0.1) is 0 Å². The highest BCUT2D eigenvalue weighted by atomic mass is 32.1. The molecule has 0 saturated carbocycles. The van der Waals surface area contributed by atoms with Crippen LogP contribution in [0.3, 0.4) is 0 Å². The molecule has 98 valence electrons. The molecule has 1 nitrogen and oxygen atoms in total. The van der Waals surface area contributed by atoms with Crippen molar-refractivity contribution in [3.8, 4) is 0 Å². The van der Waals surface area contributed by atoms with Gasteiger partial charge in [-0.2, -0.15) is 0 Å². The van der Waals surface area contributed by atoms with Crippen molar-refractivity contribution in [1.82, 2.24) is 5.32 Å². The molecule has 1 heterocycles. The minimum Gasteiger partial charge on any atom is -0.317 e. The number of likely N-dealkylation sites (N-methyl/N-ethyl adjacent to an activating group) is 1. The highest BCUT2D eigenvalue weighted by Crippen LogP contribution is 2.24. The summed E-state index contributed by atoms with van der Waals surface area (Å²) in [6, 6.07) is 5.19. The van der Waals surface area contributed by atoms with Crippen LogP contribution in [-0.4, -0.2) is 13.1 Å². The van der Waals surface area contributed by atoms with E-state index in [1.165, 1.54) is 29.0 Å². The largest absolute Gasteiger partial charge is 0.317 e. The summed E-state index contributed by atoms with van der Waals surface area (Å²) < 4.78 is 0. The van der Waals surface area contributed by atoms with Crippen LogP contribution in [0.1, 0.15) is 50.3 Å². The van der Waals surface area contributed by atoms with Crippen LogP contribution in [0.5, 0.6) is 0 Å². The molecule has 0 amide bonds. The zero-order chi connectivity index (χ0) is 12.9. The first kappa shape index (κ1) is 14.7. The molecule has 0 aliphatic carbocycles. The first-order valence-corrected chi connectivity index (χ1v) is 7.51. The second-order valence-corrected chi connectivity index (χ2v) is 7.26. The van der Waals surface area contributed by atoms with E-state index < -0.39 is 0 Å². The predicted octanol–water partition coefficient (Wildman–Crippen LogP) is 4.27. The number of aryl methyl sites for hydroxylation is 1. The third-order valence-corrected chi connectivity index (χ3v) is 4.42. The van der Waals surface area contributed by atoms with Gasteiger partial charge in [0.2, 0.25) is 0 Å². The second-order valence-electron chi connectivity index (χ2n) is 6.01. The van der Waals surface area contributed by atoms with Crippen molar-refractivity contribution >= 4 is 11.3 Å². The molecule has 1 aromatic heterocycles. The van der Waals surface area contributed by atoms with Crippen LogP contribution in [0, 0.1) is 5.41 Å². The number of thiophene rings is 1. The summed E-state index contributed by atoms with van der Waals surface area (Å²) in [7, 11) is 2.08. The average molecular weight is 253 g/mol. The second kappa shape index (κ2) is 6.55. The lowest BCUT2D eigenvalue weighted by Crippen LogP contribution is -2.28. The number of hydrogen-bond donors (Lipinski definition) is 1. The molecule has 0 spiro atoms. The first-order valence-electron chi connectivity index (χ1n) is 6.69. The maximum Gasteiger partial charge on any atom is 0.0112 e. The van der Waals surface area contributed by atoms with E-state index >= 15 is 0 Å². The maximum atomic E-state index is 3.46. The van der Waals surface area contributed by atoms with Gasteiger partial charge in [-0.05, 0) is 50.3 Å². The van der Waals surface area contributed by atoms with Gasteiger partial charge in [0, 0.05) is 15.8 Å². The Labute approximate surface area is 111 Å². The highest BCUT2D eigenvalue weighted by molar-refractivity contribution is 7.11. The third kappa shape index (κ3) is 5.69. The van der Waals surface area contributed by atoms with Crippen molar-refractivity contribution in [2.24, 2.45) is 5.41 Å². The van der Waals surface area contributed by atoms with E-state index in [0.29, 0.717) is 11.5 Å². The molecule has 1 rings (SSSR count). The quantitative estimate of drug-likeness (QED) is 0.798. The van der Waals surface area contributed by atoms with Crippen LogP contribution in [-0.2, 0) is 12.8 Å². The van der Waals surface area contributed by atoms with E-state index in [2.05, 4.69) is 52.2 Å². The minimum absolute atomic E-state index is 0.444. The Kier molecular flexibility index (Phi) is 5.68. The van der Waals surface area contributed by atoms with Crippen LogP contribution in [0.15, 0.2) is 12.1 Å². The molecule has 0 fully saturated rings. The average Bonchev–Trinajstić information content (AvgIpc) is 2.70. The molecule has 1 unspecified atom stereocenters. The molecule has 1 aromatic rings. The number of nitrogens with one attached hydrogen (secondary N) is 1. The lowest BCUT2D eigenvalue weighted by molar-refractivity contribution is 0.335. The van der Waals surface area contributed by atoms with Crippen molar-refractivity contribution in [1.29, 1.82) is 0 Å². The molecule has 1 N–H and O–H groups in total. The molecule has 0 aromatic carbocycles. The summed E-state index contributed by atoms with van der Waals surface area (Å²) >= 11 is 1.97. The van der Waals surface area contributed by atoms with Crippen molar-refractivity contribution in [2.75, 3.05) is 7.05 Å². The van der Waals surface area contributed by atoms with Gasteiger partial charge in [-0.25, -0.2) is 0 Å². The van der Waals surface area contributed by atoms with Gasteiger partial charge in [-0.1, -0.05) is 27.7 Å². The fraction of sp³-hybridized carbons (Fsp3) is 0.733. The lowest BCUT2D eigenvalue weighted by atomic mass is 9.88. The Morgan fingerprint density at radius 3 is 2.35 bits per heavy atom. The van der Waals surface area contributed by atoms with Crippen LogP contribution in [0.4, 0.5) is 0 Å². The molecule has 2 heteroatoms. The lowest BCUT2D eigenvalue weighted by Gasteiger charge is -2.22. The van der Waals surface area contributed by atoms with Crippen molar-refractivity contribution < 1.29 is 0 Å². The number of rotatable bonds is 6. The molecule has 0 aliphatic rings. The van der Waals surface area contributed by atoms with Crippen LogP contribution >= 0.6 is 11.3 Å². The SMILES string of the molecule is CCc1ccc(CC(CCC(C)(C)C)NC)s1. The monoisotopic (exact) mass is 253 g/mol. The zero-order valence-electron chi connectivity index (χ0n) is 12.0. The van der Waals surface area contributed by atoms with Crippen molar-refractivity contribution in [3.63, 3.8) is 0 Å². The van der Waals surface area contributed by atoms with Gasteiger partial charge in [0.1, 0.15) is 0 Å². The fourth-order valence-corrected chi connectivity index (χ4v) is 2.96. The van der Waals surface area contributed by atoms with Gasteiger partial charge in [-0.3, -0.25) is 0 Å². The van der Waals surface area contributed by atoms with E-state index in [-0.39, 0.29) is 0 Å². The molecular formula is C15H27NS. The first-order chi connectivity index (χ1) is 7.94. The molecule has 0 bridgehead atoms. The summed E-state index contributed by atoms with van der Waals surface area (Å²) in [6.07, 6.45) is 4.89. The summed E-state index contributed by atoms with van der Waals surface area (Å²) in [4.78, 5) is 3.03. The number of hydrogen-bond acceptors (Lipinski definition) is 2. The molecule has 0 aliphatic heterocycles. The van der Waals surface area contributed by atoms with Crippen LogP contribution < -0.4 is 5.32 Å². The highest BCUT2D eigenvalue weighted by Gasteiger charge is 2.15. The van der Waals surface area contributed by atoms with Gasteiger partial charge in [0.15, 0.2) is 0 Å². The normalized spacial score (nSPS) is 13.9. The Hall–Kier alpha value is -0.340. The van der Waals surface area contributed by atoms with Crippen LogP contribution in [0.25, 0.3) is 0 Å². The minimum atomic E-state index is 0.444. The van der Waals surface area contributed by atoms with Crippen molar-refractivity contribution in [3.05, 3.63) is 21.9 Å². The third-order valence-electron chi connectivity index (χ3n) is 3.16. The molecule has 1 atom stereocenters. The Morgan fingerprint density at radius 1 is 1.24 bits per heavy atom. The van der Waals surface area contributed by atoms with E-state index in [1.54, 1.807) is 0 Å². The summed E-state index contributed by atoms with van der Waals surface area (Å²) in [5, 5.41) is 3.46. The Balaban J connectivity index is 2.46. The van der Waals surface area contributed by atoms with Crippen LogP contribution in [0.2, 0.25) is 0 Å². The van der Waals surface area contributed by atoms with E-state index in [0.717, 1.165) is 6.42 Å². The Morgan fingerprint density at radius 2 is 1.88 bits per heavy atom. The molecular weight excluding hydrogens is 226 g/mol. The van der Waals surface area contributed by atoms with Gasteiger partial charge in [0.25, 0.3) is 0 Å². The van der Waals surface area contributed by atoms with Gasteiger partial charge >= 0.3 is 0 Å². The summed E-state index contributed by atoms with van der Waals surface area (Å²) in [5.74, 6) is 0. The zero-order valence-corrected chi connectivity index (χ0v) is 12.8. The standard InChI is InChI=1S/C15H27NS/c1-6-13-7-8-14(17-13)11-12(16-5)9-10-15(2,3)4/h7-8,12,16H,6,9-11H2,1-5H3. The van der Waals surface area contributed by atoms with Gasteiger partial charge < -0.3 is 5.32 Å². The maximum absolute atomic E-state index is 3.46. The van der Waals surface area contributed by atoms with E-state index in [9.17, 15) is 0 Å². The smallest absolute Gasteiger partial charge is 0.0112 e. The van der Waals surface area contributed by atoms with E-state index in [4.69, 9.17) is 0 Å². The van der Waals surface area contributed by atoms with E-state index in [1.807, 2.05) is 11.3 Å². The molecule has 0 saturated heterocycles. The fourth-order valence-electron chi connectivity index (χ4n) is 1.92. The summed E-state index contributed by atoms with van der Waals surface area (Å²) in [6.45, 7) is 9.19. The topological polar surface area (TPSA) is 12.0 Å².